The molecule has 1 aromatic carbocycles. The maximum atomic E-state index is 4.13. The molecule has 0 amide bonds. The van der Waals surface area contributed by atoms with Crippen LogP contribution in [0.2, 0.25) is 0 Å². The molecule has 0 aliphatic rings. The Morgan fingerprint density at radius 3 is 2.42 bits per heavy atom. The van der Waals surface area contributed by atoms with E-state index in [1.54, 1.807) is 6.20 Å². The van der Waals surface area contributed by atoms with Crippen molar-refractivity contribution in [2.75, 3.05) is 0 Å². The second-order valence-electron chi connectivity index (χ2n) is 2.30. The highest BCUT2D eigenvalue weighted by Crippen LogP contribution is 2.11. The molecular formula is C9H9ClN2. The number of rotatable bonds is 1. The Morgan fingerprint density at radius 1 is 1.08 bits per heavy atom. The van der Waals surface area contributed by atoms with E-state index >= 15 is 0 Å². The molecule has 2 rings (SSSR count). The van der Waals surface area contributed by atoms with E-state index in [1.807, 2.05) is 36.5 Å². The molecule has 0 bridgehead atoms. The molecule has 1 aromatic heterocycles. The molecule has 0 unspecified atom stereocenters. The Kier molecular flexibility index (Phi) is 2.88. The van der Waals surface area contributed by atoms with Crippen LogP contribution >= 0.6 is 12.4 Å². The third-order valence-corrected chi connectivity index (χ3v) is 1.55. The Morgan fingerprint density at radius 2 is 1.83 bits per heavy atom. The summed E-state index contributed by atoms with van der Waals surface area (Å²) in [5, 5.41) is 0. The van der Waals surface area contributed by atoms with Crippen molar-refractivity contribution in [1.82, 2.24) is 9.97 Å². The Bertz CT molecular complexity index is 316. The van der Waals surface area contributed by atoms with Crippen LogP contribution in [0.25, 0.3) is 11.4 Å². The summed E-state index contributed by atoms with van der Waals surface area (Å²) in [5.74, 6) is 0.922. The first kappa shape index (κ1) is 8.81. The van der Waals surface area contributed by atoms with Crippen LogP contribution in [0, 0.1) is 0 Å². The van der Waals surface area contributed by atoms with Gasteiger partial charge in [0.2, 0.25) is 0 Å². The van der Waals surface area contributed by atoms with E-state index < -0.39 is 0 Å². The van der Waals surface area contributed by atoms with Crippen molar-refractivity contribution in [3.8, 4) is 11.4 Å². The van der Waals surface area contributed by atoms with E-state index in [1.165, 1.54) is 0 Å². The first-order valence-electron chi connectivity index (χ1n) is 3.51. The van der Waals surface area contributed by atoms with Gasteiger partial charge in [-0.25, -0.2) is 4.98 Å². The molecule has 0 atom stereocenters. The van der Waals surface area contributed by atoms with Gasteiger partial charge in [-0.05, 0) is 0 Å². The summed E-state index contributed by atoms with van der Waals surface area (Å²) in [6, 6.07) is 10.0. The Labute approximate surface area is 77.1 Å². The van der Waals surface area contributed by atoms with Gasteiger partial charge in [0.05, 0.1) is 0 Å². The molecule has 0 saturated heterocycles. The summed E-state index contributed by atoms with van der Waals surface area (Å²) in [7, 11) is 0. The molecule has 0 aliphatic carbocycles. The third kappa shape index (κ3) is 1.66. The van der Waals surface area contributed by atoms with Gasteiger partial charge in [-0.2, -0.15) is 0 Å². The van der Waals surface area contributed by atoms with E-state index in [0.29, 0.717) is 0 Å². The van der Waals surface area contributed by atoms with Gasteiger partial charge in [-0.15, -0.1) is 12.4 Å². The van der Waals surface area contributed by atoms with Crippen molar-refractivity contribution in [1.29, 1.82) is 0 Å². The zero-order valence-electron chi connectivity index (χ0n) is 6.40. The van der Waals surface area contributed by atoms with Crippen molar-refractivity contribution in [2.24, 2.45) is 0 Å². The van der Waals surface area contributed by atoms with Gasteiger partial charge in [0.15, 0.2) is 0 Å². The smallest absolute Gasteiger partial charge is 0.137 e. The molecule has 1 N–H and O–H groups in total. The molecule has 0 saturated carbocycles. The van der Waals surface area contributed by atoms with Crippen LogP contribution in [-0.2, 0) is 0 Å². The molecule has 0 aliphatic heterocycles. The molecule has 0 radical (unpaired) electrons. The fourth-order valence-electron chi connectivity index (χ4n) is 1.02. The van der Waals surface area contributed by atoms with Gasteiger partial charge < -0.3 is 4.98 Å². The number of imidazole rings is 1. The summed E-state index contributed by atoms with van der Waals surface area (Å²) in [6.07, 6.45) is 3.57. The highest BCUT2D eigenvalue weighted by Gasteiger charge is 1.94. The minimum absolute atomic E-state index is 0. The summed E-state index contributed by atoms with van der Waals surface area (Å²) >= 11 is 0. The molecule has 1 heterocycles. The van der Waals surface area contributed by atoms with Crippen LogP contribution in [0.15, 0.2) is 42.7 Å². The van der Waals surface area contributed by atoms with E-state index in [9.17, 15) is 0 Å². The third-order valence-electron chi connectivity index (χ3n) is 1.55. The molecule has 3 heteroatoms. The molecule has 2 nitrogen and oxygen atoms in total. The lowest BCUT2D eigenvalue weighted by Gasteiger charge is -1.92. The average molecular weight is 181 g/mol. The highest BCUT2D eigenvalue weighted by atomic mass is 35.5. The van der Waals surface area contributed by atoms with Crippen molar-refractivity contribution in [3.05, 3.63) is 42.7 Å². The lowest BCUT2D eigenvalue weighted by atomic mass is 10.2. The summed E-state index contributed by atoms with van der Waals surface area (Å²) in [4.78, 5) is 7.17. The minimum Gasteiger partial charge on any atom is -0.345 e. The number of nitrogens with one attached hydrogen (secondary N) is 1. The predicted octanol–water partition coefficient (Wildman–Crippen LogP) is 2.50. The van der Waals surface area contributed by atoms with Gasteiger partial charge in [0, 0.05) is 18.0 Å². The lowest BCUT2D eigenvalue weighted by Crippen LogP contribution is -1.77. The van der Waals surface area contributed by atoms with E-state index in [0.717, 1.165) is 11.4 Å². The number of hydrogen-bond acceptors (Lipinski definition) is 1. The van der Waals surface area contributed by atoms with Crippen LogP contribution in [-0.4, -0.2) is 9.97 Å². The van der Waals surface area contributed by atoms with Gasteiger partial charge in [-0.3, -0.25) is 0 Å². The summed E-state index contributed by atoms with van der Waals surface area (Å²) < 4.78 is 0. The fraction of sp³-hybridized carbons (Fsp3) is 0. The Balaban J connectivity index is 0.000000720. The number of aromatic nitrogens is 2. The average Bonchev–Trinajstić information content (AvgIpc) is 2.58. The molecule has 12 heavy (non-hydrogen) atoms. The molecule has 62 valence electrons. The monoisotopic (exact) mass is 180 g/mol. The maximum absolute atomic E-state index is 4.13. The molecular weight excluding hydrogens is 172 g/mol. The number of benzene rings is 1. The van der Waals surface area contributed by atoms with Crippen LogP contribution in [0.5, 0.6) is 0 Å². The number of hydrogen-bond donors (Lipinski definition) is 1. The first-order valence-corrected chi connectivity index (χ1v) is 3.51. The topological polar surface area (TPSA) is 28.7 Å². The maximum Gasteiger partial charge on any atom is 0.137 e. The van der Waals surface area contributed by atoms with E-state index in [2.05, 4.69) is 9.97 Å². The number of halogens is 1. The lowest BCUT2D eigenvalue weighted by molar-refractivity contribution is 1.31. The molecule has 2 aromatic rings. The van der Waals surface area contributed by atoms with Gasteiger partial charge in [0.1, 0.15) is 5.82 Å². The van der Waals surface area contributed by atoms with E-state index in [4.69, 9.17) is 0 Å². The number of nitrogens with zero attached hydrogens (tertiary/aromatic N) is 1. The van der Waals surface area contributed by atoms with Crippen LogP contribution < -0.4 is 0 Å². The van der Waals surface area contributed by atoms with Crippen LogP contribution in [0.3, 0.4) is 0 Å². The number of H-pyrrole nitrogens is 1. The van der Waals surface area contributed by atoms with Crippen LogP contribution in [0.4, 0.5) is 0 Å². The summed E-state index contributed by atoms with van der Waals surface area (Å²) in [5.41, 5.74) is 1.12. The van der Waals surface area contributed by atoms with Gasteiger partial charge in [-0.1, -0.05) is 30.3 Å². The predicted molar refractivity (Wildman–Crippen MR) is 51.3 cm³/mol. The summed E-state index contributed by atoms with van der Waals surface area (Å²) in [6.45, 7) is 0. The van der Waals surface area contributed by atoms with Gasteiger partial charge in [0.25, 0.3) is 0 Å². The van der Waals surface area contributed by atoms with Crippen molar-refractivity contribution in [2.45, 2.75) is 0 Å². The van der Waals surface area contributed by atoms with Crippen molar-refractivity contribution < 1.29 is 0 Å². The van der Waals surface area contributed by atoms with Gasteiger partial charge >= 0.3 is 0 Å². The normalized spacial score (nSPS) is 9.00. The fourth-order valence-corrected chi connectivity index (χ4v) is 1.02. The zero-order chi connectivity index (χ0) is 7.52. The van der Waals surface area contributed by atoms with E-state index in [-0.39, 0.29) is 12.4 Å². The standard InChI is InChI=1S/C9H8N2.ClH/c1-2-4-8(5-3-1)9-10-6-7-11-9;/h1-7H,(H,10,11);1H. The van der Waals surface area contributed by atoms with Crippen molar-refractivity contribution in [3.63, 3.8) is 0 Å². The second kappa shape index (κ2) is 3.93. The first-order chi connectivity index (χ1) is 5.47. The second-order valence-corrected chi connectivity index (χ2v) is 2.30. The largest absolute Gasteiger partial charge is 0.345 e. The molecule has 0 fully saturated rings. The van der Waals surface area contributed by atoms with Crippen LogP contribution in [0.1, 0.15) is 0 Å². The zero-order valence-corrected chi connectivity index (χ0v) is 7.21. The highest BCUT2D eigenvalue weighted by molar-refractivity contribution is 5.85. The quantitative estimate of drug-likeness (QED) is 0.718. The Hall–Kier alpha value is -1.28. The number of aromatic amines is 1. The SMILES string of the molecule is Cl.c1ccc(-c2ncc[nH]2)cc1. The minimum atomic E-state index is 0. The van der Waals surface area contributed by atoms with Crippen molar-refractivity contribution >= 4 is 12.4 Å². The molecule has 0 spiro atoms.